The van der Waals surface area contributed by atoms with Gasteiger partial charge in [-0.25, -0.2) is 0 Å². The summed E-state index contributed by atoms with van der Waals surface area (Å²) < 4.78 is 7.36. The molecule has 5 heteroatoms. The zero-order valence-corrected chi connectivity index (χ0v) is 10.1. The molecule has 0 bridgehead atoms. The SMILES string of the molecule is Nc1ccn(CCCOc2ccc(Cl)cc2)n1. The van der Waals surface area contributed by atoms with E-state index in [1.54, 1.807) is 10.7 Å². The maximum absolute atomic E-state index is 5.78. The Kier molecular flexibility index (Phi) is 3.88. The van der Waals surface area contributed by atoms with Gasteiger partial charge in [0.15, 0.2) is 0 Å². The molecular formula is C12H14ClN3O. The Morgan fingerprint density at radius 3 is 2.65 bits per heavy atom. The van der Waals surface area contributed by atoms with E-state index in [2.05, 4.69) is 5.10 Å². The van der Waals surface area contributed by atoms with Crippen LogP contribution in [0.3, 0.4) is 0 Å². The van der Waals surface area contributed by atoms with Crippen LogP contribution in [0.25, 0.3) is 0 Å². The molecule has 0 radical (unpaired) electrons. The molecular weight excluding hydrogens is 238 g/mol. The van der Waals surface area contributed by atoms with Crippen LogP contribution in [0.5, 0.6) is 5.75 Å². The maximum Gasteiger partial charge on any atom is 0.145 e. The second-order valence-electron chi connectivity index (χ2n) is 3.66. The van der Waals surface area contributed by atoms with Crippen LogP contribution in [-0.2, 0) is 6.54 Å². The molecule has 90 valence electrons. The van der Waals surface area contributed by atoms with Crippen LogP contribution >= 0.6 is 11.6 Å². The van der Waals surface area contributed by atoms with Gasteiger partial charge in [0.25, 0.3) is 0 Å². The second-order valence-corrected chi connectivity index (χ2v) is 4.10. The molecule has 17 heavy (non-hydrogen) atoms. The van der Waals surface area contributed by atoms with Crippen molar-refractivity contribution in [1.82, 2.24) is 9.78 Å². The Hall–Kier alpha value is -1.68. The highest BCUT2D eigenvalue weighted by molar-refractivity contribution is 6.30. The molecule has 0 saturated heterocycles. The van der Waals surface area contributed by atoms with Crippen molar-refractivity contribution in [3.8, 4) is 5.75 Å². The topological polar surface area (TPSA) is 53.1 Å². The number of rotatable bonds is 5. The van der Waals surface area contributed by atoms with E-state index in [9.17, 15) is 0 Å². The summed E-state index contributed by atoms with van der Waals surface area (Å²) in [5, 5.41) is 4.80. The molecule has 0 atom stereocenters. The average molecular weight is 252 g/mol. The Morgan fingerprint density at radius 2 is 2.00 bits per heavy atom. The molecule has 2 N–H and O–H groups in total. The number of aromatic nitrogens is 2. The number of nitrogens with zero attached hydrogens (tertiary/aromatic N) is 2. The standard InChI is InChI=1S/C12H14ClN3O/c13-10-2-4-11(5-3-10)17-9-1-7-16-8-6-12(14)15-16/h2-6,8H,1,7,9H2,(H2,14,15). The Bertz CT molecular complexity index is 467. The molecule has 4 nitrogen and oxygen atoms in total. The predicted octanol–water partition coefficient (Wildman–Crippen LogP) is 2.59. The quantitative estimate of drug-likeness (QED) is 0.831. The van der Waals surface area contributed by atoms with Crippen LogP contribution in [-0.4, -0.2) is 16.4 Å². The van der Waals surface area contributed by atoms with Gasteiger partial charge in [-0.05, 0) is 30.3 Å². The number of ether oxygens (including phenoxy) is 1. The largest absolute Gasteiger partial charge is 0.494 e. The highest BCUT2D eigenvalue weighted by Gasteiger charge is 1.96. The molecule has 0 unspecified atom stereocenters. The van der Waals surface area contributed by atoms with E-state index in [-0.39, 0.29) is 0 Å². The summed E-state index contributed by atoms with van der Waals surface area (Å²) in [7, 11) is 0. The first-order valence-electron chi connectivity index (χ1n) is 5.41. The van der Waals surface area contributed by atoms with Crippen molar-refractivity contribution in [3.05, 3.63) is 41.6 Å². The highest BCUT2D eigenvalue weighted by atomic mass is 35.5. The minimum Gasteiger partial charge on any atom is -0.494 e. The monoisotopic (exact) mass is 251 g/mol. The van der Waals surface area contributed by atoms with Gasteiger partial charge in [-0.1, -0.05) is 11.6 Å². The molecule has 0 amide bonds. The van der Waals surface area contributed by atoms with Gasteiger partial charge in [0.05, 0.1) is 6.61 Å². The molecule has 0 fully saturated rings. The van der Waals surface area contributed by atoms with Crippen LogP contribution in [0.15, 0.2) is 36.5 Å². The lowest BCUT2D eigenvalue weighted by Gasteiger charge is -2.06. The lowest BCUT2D eigenvalue weighted by molar-refractivity contribution is 0.299. The summed E-state index contributed by atoms with van der Waals surface area (Å²) in [5.41, 5.74) is 5.51. The molecule has 0 saturated carbocycles. The maximum atomic E-state index is 5.78. The van der Waals surface area contributed by atoms with E-state index >= 15 is 0 Å². The minimum absolute atomic E-state index is 0.545. The van der Waals surface area contributed by atoms with Gasteiger partial charge in [0.1, 0.15) is 11.6 Å². The van der Waals surface area contributed by atoms with Gasteiger partial charge in [-0.15, -0.1) is 0 Å². The molecule has 0 aliphatic carbocycles. The predicted molar refractivity (Wildman–Crippen MR) is 68.2 cm³/mol. The van der Waals surface area contributed by atoms with E-state index in [1.165, 1.54) is 0 Å². The summed E-state index contributed by atoms with van der Waals surface area (Å²) in [6.07, 6.45) is 2.74. The first-order chi connectivity index (χ1) is 8.24. The molecule has 1 aromatic heterocycles. The van der Waals surface area contributed by atoms with Crippen molar-refractivity contribution in [2.45, 2.75) is 13.0 Å². The van der Waals surface area contributed by atoms with Crippen molar-refractivity contribution in [2.75, 3.05) is 12.3 Å². The van der Waals surface area contributed by atoms with Crippen molar-refractivity contribution in [2.24, 2.45) is 0 Å². The molecule has 1 aromatic carbocycles. The van der Waals surface area contributed by atoms with Crippen LogP contribution in [0, 0.1) is 0 Å². The van der Waals surface area contributed by atoms with Crippen LogP contribution in [0.2, 0.25) is 5.02 Å². The molecule has 2 rings (SSSR count). The van der Waals surface area contributed by atoms with E-state index in [0.717, 1.165) is 18.7 Å². The zero-order chi connectivity index (χ0) is 12.1. The molecule has 1 heterocycles. The lowest BCUT2D eigenvalue weighted by atomic mass is 10.3. The van der Waals surface area contributed by atoms with Crippen molar-refractivity contribution in [1.29, 1.82) is 0 Å². The Morgan fingerprint density at radius 1 is 1.24 bits per heavy atom. The number of aryl methyl sites for hydroxylation is 1. The van der Waals surface area contributed by atoms with E-state index in [1.807, 2.05) is 30.5 Å². The third kappa shape index (κ3) is 3.67. The smallest absolute Gasteiger partial charge is 0.145 e. The molecule has 0 aliphatic heterocycles. The molecule has 2 aromatic rings. The van der Waals surface area contributed by atoms with Crippen molar-refractivity contribution >= 4 is 17.4 Å². The number of halogens is 1. The van der Waals surface area contributed by atoms with Gasteiger partial charge < -0.3 is 10.5 Å². The molecule has 0 aliphatic rings. The van der Waals surface area contributed by atoms with Gasteiger partial charge in [-0.2, -0.15) is 5.10 Å². The van der Waals surface area contributed by atoms with Gasteiger partial charge in [-0.3, -0.25) is 4.68 Å². The van der Waals surface area contributed by atoms with Gasteiger partial charge >= 0.3 is 0 Å². The third-order valence-corrected chi connectivity index (χ3v) is 2.53. The van der Waals surface area contributed by atoms with E-state index in [4.69, 9.17) is 22.1 Å². The number of anilines is 1. The average Bonchev–Trinajstić information content (AvgIpc) is 2.73. The first-order valence-corrected chi connectivity index (χ1v) is 5.79. The third-order valence-electron chi connectivity index (χ3n) is 2.28. The number of nitrogen functional groups attached to an aromatic ring is 1. The lowest BCUT2D eigenvalue weighted by Crippen LogP contribution is -2.05. The number of nitrogens with two attached hydrogens (primary N) is 1. The fourth-order valence-electron chi connectivity index (χ4n) is 1.45. The van der Waals surface area contributed by atoms with Crippen molar-refractivity contribution < 1.29 is 4.74 Å². The fraction of sp³-hybridized carbons (Fsp3) is 0.250. The summed E-state index contributed by atoms with van der Waals surface area (Å²) in [6, 6.07) is 9.11. The Labute approximate surface area is 105 Å². The highest BCUT2D eigenvalue weighted by Crippen LogP contribution is 2.15. The number of hydrogen-bond donors (Lipinski definition) is 1. The van der Waals surface area contributed by atoms with E-state index < -0.39 is 0 Å². The first kappa shape index (κ1) is 11.8. The normalized spacial score (nSPS) is 10.4. The van der Waals surface area contributed by atoms with Crippen LogP contribution in [0.1, 0.15) is 6.42 Å². The fourth-order valence-corrected chi connectivity index (χ4v) is 1.58. The van der Waals surface area contributed by atoms with E-state index in [0.29, 0.717) is 17.4 Å². The van der Waals surface area contributed by atoms with Crippen LogP contribution < -0.4 is 10.5 Å². The number of hydrogen-bond acceptors (Lipinski definition) is 3. The van der Waals surface area contributed by atoms with Gasteiger partial charge in [0, 0.05) is 24.2 Å². The summed E-state index contributed by atoms with van der Waals surface area (Å²) >= 11 is 5.78. The van der Waals surface area contributed by atoms with Crippen molar-refractivity contribution in [3.63, 3.8) is 0 Å². The minimum atomic E-state index is 0.545. The number of benzene rings is 1. The van der Waals surface area contributed by atoms with Crippen LogP contribution in [0.4, 0.5) is 5.82 Å². The van der Waals surface area contributed by atoms with Gasteiger partial charge in [0.2, 0.25) is 0 Å². The summed E-state index contributed by atoms with van der Waals surface area (Å²) in [5.74, 6) is 1.37. The zero-order valence-electron chi connectivity index (χ0n) is 9.34. The molecule has 0 spiro atoms. The Balaban J connectivity index is 1.71. The summed E-state index contributed by atoms with van der Waals surface area (Å²) in [6.45, 7) is 1.44. The summed E-state index contributed by atoms with van der Waals surface area (Å²) in [4.78, 5) is 0. The second kappa shape index (κ2) is 5.59.